The van der Waals surface area contributed by atoms with Gasteiger partial charge in [0, 0.05) is 12.0 Å². The average Bonchev–Trinajstić information content (AvgIpc) is 2.77. The third-order valence-corrected chi connectivity index (χ3v) is 5.18. The minimum Gasteiger partial charge on any atom is -0.490 e. The molecule has 2 aromatic rings. The van der Waals surface area contributed by atoms with Crippen molar-refractivity contribution in [2.75, 3.05) is 6.61 Å². The molecule has 0 spiro atoms. The lowest BCUT2D eigenvalue weighted by Crippen LogP contribution is -2.07. The van der Waals surface area contributed by atoms with Crippen LogP contribution in [0.2, 0.25) is 0 Å². The van der Waals surface area contributed by atoms with Gasteiger partial charge in [0.25, 0.3) is 0 Å². The fraction of sp³-hybridized carbons (Fsp3) is 0.500. The van der Waals surface area contributed by atoms with Crippen molar-refractivity contribution >= 4 is 5.97 Å². The molecule has 0 N–H and O–H groups in total. The Kier molecular flexibility index (Phi) is 11.0. The van der Waals surface area contributed by atoms with Crippen LogP contribution >= 0.6 is 0 Å². The maximum absolute atomic E-state index is 14.6. The quantitative estimate of drug-likeness (QED) is 0.173. The van der Waals surface area contributed by atoms with Crippen LogP contribution in [0, 0.1) is 11.6 Å². The second-order valence-corrected chi connectivity index (χ2v) is 7.81. The zero-order valence-corrected chi connectivity index (χ0v) is 18.7. The molecule has 0 aromatic heterocycles. The van der Waals surface area contributed by atoms with Crippen molar-refractivity contribution in [2.45, 2.75) is 78.1 Å². The number of hydrogen-bond acceptors (Lipinski definition) is 3. The number of halogens is 2. The lowest BCUT2D eigenvalue weighted by molar-refractivity contribution is -0.134. The molecule has 0 amide bonds. The van der Waals surface area contributed by atoms with Gasteiger partial charge in [-0.3, -0.25) is 4.79 Å². The van der Waals surface area contributed by atoms with Gasteiger partial charge in [0.05, 0.1) is 6.61 Å². The topological polar surface area (TPSA) is 35.5 Å². The highest BCUT2D eigenvalue weighted by Crippen LogP contribution is 2.31. The van der Waals surface area contributed by atoms with Crippen molar-refractivity contribution in [1.82, 2.24) is 0 Å². The number of carbonyl (C=O) groups excluding carboxylic acids is 1. The van der Waals surface area contributed by atoms with E-state index < -0.39 is 11.6 Å². The van der Waals surface area contributed by atoms with Crippen LogP contribution in [-0.2, 0) is 4.79 Å². The van der Waals surface area contributed by atoms with Gasteiger partial charge in [-0.25, -0.2) is 4.39 Å². The fourth-order valence-corrected chi connectivity index (χ4v) is 3.34. The molecule has 0 aliphatic carbocycles. The highest BCUT2D eigenvalue weighted by Gasteiger charge is 2.16. The minimum atomic E-state index is -0.977. The van der Waals surface area contributed by atoms with Crippen LogP contribution in [0.4, 0.5) is 8.78 Å². The highest BCUT2D eigenvalue weighted by atomic mass is 19.2. The summed E-state index contributed by atoms with van der Waals surface area (Å²) in [4.78, 5) is 11.8. The summed E-state index contributed by atoms with van der Waals surface area (Å²) in [6.07, 6.45) is 9.79. The summed E-state index contributed by atoms with van der Waals surface area (Å²) in [7, 11) is 0. The van der Waals surface area contributed by atoms with Crippen molar-refractivity contribution in [3.8, 4) is 22.6 Å². The van der Waals surface area contributed by atoms with Crippen molar-refractivity contribution in [2.24, 2.45) is 0 Å². The molecule has 0 unspecified atom stereocenters. The Morgan fingerprint density at radius 1 is 0.774 bits per heavy atom. The van der Waals surface area contributed by atoms with E-state index in [1.807, 2.05) is 0 Å². The van der Waals surface area contributed by atoms with E-state index in [2.05, 4.69) is 13.8 Å². The normalized spacial score (nSPS) is 10.8. The van der Waals surface area contributed by atoms with Gasteiger partial charge in [-0.15, -0.1) is 0 Å². The third kappa shape index (κ3) is 8.31. The highest BCUT2D eigenvalue weighted by molar-refractivity contribution is 5.73. The maximum Gasteiger partial charge on any atom is 0.311 e. The number of esters is 1. The lowest BCUT2D eigenvalue weighted by atomic mass is 10.0. The molecule has 2 rings (SSSR count). The second-order valence-electron chi connectivity index (χ2n) is 7.81. The SMILES string of the molecule is CCCCCCCCOc1ccc(-c2ccc(OC(=O)CCCCC)cc2)c(F)c1F. The van der Waals surface area contributed by atoms with Crippen LogP contribution in [0.5, 0.6) is 11.5 Å². The number of ether oxygens (including phenoxy) is 2. The molecule has 2 aromatic carbocycles. The van der Waals surface area contributed by atoms with Gasteiger partial charge in [-0.05, 0) is 42.7 Å². The lowest BCUT2D eigenvalue weighted by Gasteiger charge is -2.11. The summed E-state index contributed by atoms with van der Waals surface area (Å²) in [6, 6.07) is 9.39. The Bertz CT molecular complexity index is 803. The van der Waals surface area contributed by atoms with Gasteiger partial charge in [-0.1, -0.05) is 70.9 Å². The Labute approximate surface area is 184 Å². The van der Waals surface area contributed by atoms with Crippen molar-refractivity contribution < 1.29 is 23.0 Å². The van der Waals surface area contributed by atoms with Crippen molar-refractivity contribution in [3.63, 3.8) is 0 Å². The first-order chi connectivity index (χ1) is 15.1. The van der Waals surface area contributed by atoms with Crippen LogP contribution < -0.4 is 9.47 Å². The first-order valence-electron chi connectivity index (χ1n) is 11.5. The van der Waals surface area contributed by atoms with Crippen LogP contribution in [0.25, 0.3) is 11.1 Å². The summed E-state index contributed by atoms with van der Waals surface area (Å²) in [5.74, 6) is -1.87. The third-order valence-electron chi connectivity index (χ3n) is 5.18. The number of carbonyl (C=O) groups is 1. The Hall–Kier alpha value is -2.43. The summed E-state index contributed by atoms with van der Waals surface area (Å²) < 4.78 is 39.8. The standard InChI is InChI=1S/C26H34F2O3/c1-3-5-7-8-9-11-19-30-23-18-17-22(25(27)26(23)28)20-13-15-21(16-14-20)31-24(29)12-10-6-4-2/h13-18H,3-12,19H2,1-2H3. The van der Waals surface area contributed by atoms with E-state index in [4.69, 9.17) is 9.47 Å². The van der Waals surface area contributed by atoms with Gasteiger partial charge in [0.2, 0.25) is 5.82 Å². The molecular weight excluding hydrogens is 398 g/mol. The zero-order chi connectivity index (χ0) is 22.5. The van der Waals surface area contributed by atoms with Gasteiger partial charge < -0.3 is 9.47 Å². The molecule has 0 heterocycles. The summed E-state index contributed by atoms with van der Waals surface area (Å²) in [5, 5.41) is 0. The molecular formula is C26H34F2O3. The molecule has 0 saturated carbocycles. The molecule has 0 fully saturated rings. The van der Waals surface area contributed by atoms with E-state index >= 15 is 0 Å². The number of hydrogen-bond donors (Lipinski definition) is 0. The molecule has 0 saturated heterocycles. The van der Waals surface area contributed by atoms with Crippen LogP contribution in [0.15, 0.2) is 36.4 Å². The van der Waals surface area contributed by atoms with E-state index in [1.165, 1.54) is 31.4 Å². The van der Waals surface area contributed by atoms with E-state index in [-0.39, 0.29) is 17.3 Å². The van der Waals surface area contributed by atoms with Gasteiger partial charge in [0.1, 0.15) is 5.75 Å². The molecule has 0 atom stereocenters. The van der Waals surface area contributed by atoms with Gasteiger partial charge in [-0.2, -0.15) is 4.39 Å². The van der Waals surface area contributed by atoms with E-state index in [0.717, 1.165) is 38.5 Å². The van der Waals surface area contributed by atoms with E-state index in [9.17, 15) is 13.6 Å². The number of unbranched alkanes of at least 4 members (excludes halogenated alkanes) is 7. The monoisotopic (exact) mass is 432 g/mol. The summed E-state index contributed by atoms with van der Waals surface area (Å²) in [6.45, 7) is 4.61. The van der Waals surface area contributed by atoms with Gasteiger partial charge >= 0.3 is 5.97 Å². The van der Waals surface area contributed by atoms with Crippen LogP contribution in [0.1, 0.15) is 78.1 Å². The van der Waals surface area contributed by atoms with Crippen molar-refractivity contribution in [3.05, 3.63) is 48.0 Å². The van der Waals surface area contributed by atoms with E-state index in [0.29, 0.717) is 24.3 Å². The maximum atomic E-state index is 14.6. The van der Waals surface area contributed by atoms with Gasteiger partial charge in [0.15, 0.2) is 11.6 Å². The number of benzene rings is 2. The molecule has 31 heavy (non-hydrogen) atoms. The summed E-state index contributed by atoms with van der Waals surface area (Å²) in [5.41, 5.74) is 0.648. The first kappa shape index (κ1) is 24.8. The minimum absolute atomic E-state index is 0.0626. The molecule has 0 radical (unpaired) electrons. The summed E-state index contributed by atoms with van der Waals surface area (Å²) >= 11 is 0. The van der Waals surface area contributed by atoms with Crippen LogP contribution in [0.3, 0.4) is 0 Å². The zero-order valence-electron chi connectivity index (χ0n) is 18.7. The largest absolute Gasteiger partial charge is 0.490 e. The second kappa shape index (κ2) is 13.8. The predicted molar refractivity (Wildman–Crippen MR) is 120 cm³/mol. The first-order valence-corrected chi connectivity index (χ1v) is 11.5. The predicted octanol–water partition coefficient (Wildman–Crippen LogP) is 7.86. The number of rotatable bonds is 14. The Balaban J connectivity index is 1.91. The molecule has 5 heteroatoms. The molecule has 170 valence electrons. The average molecular weight is 433 g/mol. The molecule has 3 nitrogen and oxygen atoms in total. The molecule has 0 bridgehead atoms. The molecule has 0 aliphatic heterocycles. The van der Waals surface area contributed by atoms with Crippen LogP contribution in [-0.4, -0.2) is 12.6 Å². The molecule has 0 aliphatic rings. The Morgan fingerprint density at radius 3 is 2.13 bits per heavy atom. The Morgan fingerprint density at radius 2 is 1.42 bits per heavy atom. The fourth-order valence-electron chi connectivity index (χ4n) is 3.34. The van der Waals surface area contributed by atoms with E-state index in [1.54, 1.807) is 24.3 Å². The van der Waals surface area contributed by atoms with Crippen molar-refractivity contribution in [1.29, 1.82) is 0 Å². The smallest absolute Gasteiger partial charge is 0.311 e.